The zero-order valence-corrected chi connectivity index (χ0v) is 13.0. The average molecular weight is 314 g/mol. The van der Waals surface area contributed by atoms with Crippen molar-refractivity contribution in [3.63, 3.8) is 0 Å². The molecule has 4 nitrogen and oxygen atoms in total. The molecule has 1 rings (SSSR count). The van der Waals surface area contributed by atoms with Gasteiger partial charge in [-0.1, -0.05) is 37.0 Å². The molecule has 0 atom stereocenters. The summed E-state index contributed by atoms with van der Waals surface area (Å²) in [5.74, 6) is 0.327. The van der Waals surface area contributed by atoms with Crippen LogP contribution in [0.1, 0.15) is 20.3 Å². The Balaban J connectivity index is 2.73. The Bertz CT molecular complexity index is 512. The van der Waals surface area contributed by atoms with Gasteiger partial charge in [-0.2, -0.15) is 5.26 Å². The molecule has 6 heteroatoms. The first kappa shape index (κ1) is 16.6. The maximum Gasteiger partial charge on any atom is 0.321 e. The Morgan fingerprint density at radius 2 is 2.10 bits per heavy atom. The maximum absolute atomic E-state index is 12.2. The van der Waals surface area contributed by atoms with Crippen LogP contribution in [0.3, 0.4) is 0 Å². The quantitative estimate of drug-likeness (QED) is 0.876. The lowest BCUT2D eigenvalue weighted by Crippen LogP contribution is -2.38. The van der Waals surface area contributed by atoms with Crippen molar-refractivity contribution >= 4 is 34.9 Å². The fraction of sp³-hybridized carbons (Fsp3) is 0.429. The molecular weight excluding hydrogens is 297 g/mol. The number of carbonyl (C=O) groups excluding carboxylic acids is 1. The third kappa shape index (κ3) is 5.28. The summed E-state index contributed by atoms with van der Waals surface area (Å²) < 4.78 is 0. The minimum atomic E-state index is -0.243. The largest absolute Gasteiger partial charge is 0.323 e. The van der Waals surface area contributed by atoms with Crippen LogP contribution >= 0.6 is 23.2 Å². The van der Waals surface area contributed by atoms with Crippen molar-refractivity contribution in [2.45, 2.75) is 20.3 Å². The summed E-state index contributed by atoms with van der Waals surface area (Å²) in [5, 5.41) is 12.2. The van der Waals surface area contributed by atoms with Crippen molar-refractivity contribution in [3.8, 4) is 6.07 Å². The molecule has 0 aromatic heterocycles. The summed E-state index contributed by atoms with van der Waals surface area (Å²) in [6.07, 6.45) is 0.307. The maximum atomic E-state index is 12.2. The van der Waals surface area contributed by atoms with Gasteiger partial charge in [-0.25, -0.2) is 4.79 Å². The molecule has 1 N–H and O–H groups in total. The Morgan fingerprint density at radius 1 is 1.40 bits per heavy atom. The number of nitrogens with zero attached hydrogens (tertiary/aromatic N) is 2. The zero-order valence-electron chi connectivity index (χ0n) is 11.5. The molecule has 108 valence electrons. The van der Waals surface area contributed by atoms with Gasteiger partial charge < -0.3 is 10.2 Å². The number of nitriles is 1. The highest BCUT2D eigenvalue weighted by Gasteiger charge is 2.15. The Labute approximate surface area is 129 Å². The smallest absolute Gasteiger partial charge is 0.321 e. The molecule has 0 aliphatic carbocycles. The first-order chi connectivity index (χ1) is 9.43. The van der Waals surface area contributed by atoms with Gasteiger partial charge in [0.25, 0.3) is 0 Å². The monoisotopic (exact) mass is 313 g/mol. The van der Waals surface area contributed by atoms with Gasteiger partial charge >= 0.3 is 6.03 Å². The highest BCUT2D eigenvalue weighted by molar-refractivity contribution is 6.42. The minimum absolute atomic E-state index is 0.243. The molecule has 0 spiro atoms. The molecule has 0 aliphatic heterocycles. The Kier molecular flexibility index (Phi) is 6.63. The fourth-order valence-corrected chi connectivity index (χ4v) is 1.98. The van der Waals surface area contributed by atoms with Gasteiger partial charge in [0.05, 0.1) is 22.5 Å². The number of halogens is 2. The van der Waals surface area contributed by atoms with E-state index in [0.29, 0.717) is 41.2 Å². The summed E-state index contributed by atoms with van der Waals surface area (Å²) in [5.41, 5.74) is 0.579. The summed E-state index contributed by atoms with van der Waals surface area (Å²) in [4.78, 5) is 13.8. The Hall–Kier alpha value is -1.44. The molecule has 0 radical (unpaired) electrons. The molecule has 0 heterocycles. The van der Waals surface area contributed by atoms with Crippen molar-refractivity contribution in [2.24, 2.45) is 5.92 Å². The molecule has 0 saturated carbocycles. The Morgan fingerprint density at radius 3 is 2.65 bits per heavy atom. The van der Waals surface area contributed by atoms with Crippen LogP contribution in [0.15, 0.2) is 18.2 Å². The second-order valence-electron chi connectivity index (χ2n) is 4.81. The number of rotatable bonds is 5. The van der Waals surface area contributed by atoms with Crippen molar-refractivity contribution in [1.82, 2.24) is 4.90 Å². The number of nitrogens with one attached hydrogen (secondary N) is 1. The molecule has 1 aromatic carbocycles. The lowest BCUT2D eigenvalue weighted by Gasteiger charge is -2.24. The molecule has 1 aromatic rings. The predicted molar refractivity (Wildman–Crippen MR) is 82.1 cm³/mol. The molecule has 0 aliphatic rings. The second kappa shape index (κ2) is 7.98. The van der Waals surface area contributed by atoms with Crippen LogP contribution in [-0.2, 0) is 0 Å². The van der Waals surface area contributed by atoms with E-state index in [1.165, 1.54) is 0 Å². The number of hydrogen-bond acceptors (Lipinski definition) is 2. The summed E-state index contributed by atoms with van der Waals surface area (Å²) in [6, 6.07) is 6.71. The number of carbonyl (C=O) groups is 1. The number of amides is 2. The SMILES string of the molecule is CC(C)CN(CCC#N)C(=O)Nc1ccc(Cl)c(Cl)c1. The van der Waals surface area contributed by atoms with Crippen LogP contribution < -0.4 is 5.32 Å². The molecule has 0 saturated heterocycles. The van der Waals surface area contributed by atoms with Gasteiger partial charge in [-0.15, -0.1) is 0 Å². The number of benzene rings is 1. The van der Waals surface area contributed by atoms with Gasteiger partial charge in [0.2, 0.25) is 0 Å². The van der Waals surface area contributed by atoms with Crippen LogP contribution in [0.2, 0.25) is 10.0 Å². The third-order valence-corrected chi connectivity index (χ3v) is 3.28. The highest BCUT2D eigenvalue weighted by Crippen LogP contribution is 2.25. The van der Waals surface area contributed by atoms with E-state index in [9.17, 15) is 4.79 Å². The molecule has 0 unspecified atom stereocenters. The van der Waals surface area contributed by atoms with Crippen LogP contribution in [-0.4, -0.2) is 24.0 Å². The van der Waals surface area contributed by atoms with Crippen LogP contribution in [0.4, 0.5) is 10.5 Å². The fourth-order valence-electron chi connectivity index (χ4n) is 1.68. The van der Waals surface area contributed by atoms with Crippen LogP contribution in [0.5, 0.6) is 0 Å². The first-order valence-corrected chi connectivity index (χ1v) is 7.07. The highest BCUT2D eigenvalue weighted by atomic mass is 35.5. The normalized spacial score (nSPS) is 10.2. The lowest BCUT2D eigenvalue weighted by molar-refractivity contribution is 0.206. The zero-order chi connectivity index (χ0) is 15.1. The van der Waals surface area contributed by atoms with Crippen molar-refractivity contribution in [2.75, 3.05) is 18.4 Å². The molecule has 2 amide bonds. The first-order valence-electron chi connectivity index (χ1n) is 6.32. The summed E-state index contributed by atoms with van der Waals surface area (Å²) in [6.45, 7) is 5.04. The van der Waals surface area contributed by atoms with Gasteiger partial charge in [-0.05, 0) is 24.1 Å². The van der Waals surface area contributed by atoms with Gasteiger partial charge in [0, 0.05) is 18.8 Å². The third-order valence-electron chi connectivity index (χ3n) is 2.54. The topological polar surface area (TPSA) is 56.1 Å². The summed E-state index contributed by atoms with van der Waals surface area (Å²) in [7, 11) is 0. The van der Waals surface area contributed by atoms with E-state index in [-0.39, 0.29) is 6.03 Å². The average Bonchev–Trinajstić information content (AvgIpc) is 2.38. The van der Waals surface area contributed by atoms with Crippen LogP contribution in [0, 0.1) is 17.2 Å². The molecule has 0 fully saturated rings. The minimum Gasteiger partial charge on any atom is -0.323 e. The van der Waals surface area contributed by atoms with E-state index in [1.54, 1.807) is 23.1 Å². The van der Waals surface area contributed by atoms with Crippen molar-refractivity contribution in [1.29, 1.82) is 5.26 Å². The van der Waals surface area contributed by atoms with Gasteiger partial charge in [0.15, 0.2) is 0 Å². The summed E-state index contributed by atoms with van der Waals surface area (Å²) >= 11 is 11.7. The lowest BCUT2D eigenvalue weighted by atomic mass is 10.2. The van der Waals surface area contributed by atoms with E-state index < -0.39 is 0 Å². The van der Waals surface area contributed by atoms with Gasteiger partial charge in [-0.3, -0.25) is 0 Å². The van der Waals surface area contributed by atoms with E-state index in [1.807, 2.05) is 19.9 Å². The number of urea groups is 1. The molecule has 0 bridgehead atoms. The standard InChI is InChI=1S/C14H17Cl2N3O/c1-10(2)9-19(7-3-6-17)14(20)18-11-4-5-12(15)13(16)8-11/h4-5,8,10H,3,7,9H2,1-2H3,(H,18,20). The van der Waals surface area contributed by atoms with E-state index in [4.69, 9.17) is 28.5 Å². The van der Waals surface area contributed by atoms with Gasteiger partial charge in [0.1, 0.15) is 0 Å². The van der Waals surface area contributed by atoms with E-state index in [0.717, 1.165) is 0 Å². The molecule has 20 heavy (non-hydrogen) atoms. The number of hydrogen-bond donors (Lipinski definition) is 1. The van der Waals surface area contributed by atoms with E-state index in [2.05, 4.69) is 5.32 Å². The van der Waals surface area contributed by atoms with Crippen molar-refractivity contribution < 1.29 is 4.79 Å². The number of anilines is 1. The van der Waals surface area contributed by atoms with Crippen molar-refractivity contribution in [3.05, 3.63) is 28.2 Å². The molecular formula is C14H17Cl2N3O. The second-order valence-corrected chi connectivity index (χ2v) is 5.62. The van der Waals surface area contributed by atoms with E-state index >= 15 is 0 Å². The predicted octanol–water partition coefficient (Wildman–Crippen LogP) is 4.40. The van der Waals surface area contributed by atoms with Crippen LogP contribution in [0.25, 0.3) is 0 Å².